The number of ether oxygens (including phenoxy) is 1. The molecular weight excluding hydrogens is 281 g/mol. The first-order valence-electron chi connectivity index (χ1n) is 6.73. The van der Waals surface area contributed by atoms with Crippen LogP contribution < -0.4 is 4.74 Å². The first-order chi connectivity index (χ1) is 9.80. The minimum absolute atomic E-state index is 0.236. The van der Waals surface area contributed by atoms with Gasteiger partial charge >= 0.3 is 6.36 Å². The number of aromatic nitrogens is 2. The first kappa shape index (κ1) is 15.4. The fourth-order valence-electron chi connectivity index (χ4n) is 2.08. The number of halogens is 3. The number of nitrogens with zero attached hydrogens (tertiary/aromatic N) is 2. The van der Waals surface area contributed by atoms with Crippen LogP contribution in [0, 0.1) is 6.92 Å². The molecule has 2 aromatic rings. The number of benzene rings is 1. The van der Waals surface area contributed by atoms with Gasteiger partial charge in [0, 0.05) is 5.69 Å². The van der Waals surface area contributed by atoms with Crippen molar-refractivity contribution in [1.82, 2.24) is 9.78 Å². The highest BCUT2D eigenvalue weighted by Crippen LogP contribution is 2.26. The lowest BCUT2D eigenvalue weighted by Crippen LogP contribution is -2.17. The van der Waals surface area contributed by atoms with Crippen LogP contribution >= 0.6 is 0 Å². The van der Waals surface area contributed by atoms with Crippen LogP contribution in [0.15, 0.2) is 30.3 Å². The lowest BCUT2D eigenvalue weighted by atomic mass is 10.0. The minimum Gasteiger partial charge on any atom is -0.406 e. The van der Waals surface area contributed by atoms with Crippen LogP contribution in [0.5, 0.6) is 5.75 Å². The van der Waals surface area contributed by atoms with Crippen LogP contribution in [0.3, 0.4) is 0 Å². The number of hydrogen-bond donors (Lipinski definition) is 0. The van der Waals surface area contributed by atoms with Gasteiger partial charge in [0.15, 0.2) is 0 Å². The summed E-state index contributed by atoms with van der Waals surface area (Å²) in [6.07, 6.45) is -3.72. The predicted octanol–water partition coefficient (Wildman–Crippen LogP) is 4.59. The van der Waals surface area contributed by atoms with Crippen LogP contribution in [-0.2, 0) is 0 Å². The van der Waals surface area contributed by atoms with Crippen molar-refractivity contribution in [2.45, 2.75) is 39.5 Å². The summed E-state index contributed by atoms with van der Waals surface area (Å²) in [6, 6.07) is 7.72. The van der Waals surface area contributed by atoms with Gasteiger partial charge in [-0.25, -0.2) is 4.68 Å². The normalized spacial score (nSPS) is 13.2. The molecule has 0 radical (unpaired) electrons. The van der Waals surface area contributed by atoms with E-state index in [9.17, 15) is 13.2 Å². The van der Waals surface area contributed by atoms with E-state index in [1.165, 1.54) is 12.1 Å². The van der Waals surface area contributed by atoms with Crippen molar-refractivity contribution < 1.29 is 17.9 Å². The molecule has 6 heteroatoms. The lowest BCUT2D eigenvalue weighted by molar-refractivity contribution is -0.274. The standard InChI is InChI=1S/C15H17F3N2O/c1-4-10(2)14-9-11(3)19-20(14)12-5-7-13(8-6-12)21-15(16,17)18/h5-10H,4H2,1-3H3. The number of rotatable bonds is 4. The van der Waals surface area contributed by atoms with E-state index in [0.29, 0.717) is 11.6 Å². The Morgan fingerprint density at radius 1 is 1.24 bits per heavy atom. The predicted molar refractivity (Wildman–Crippen MR) is 73.7 cm³/mol. The van der Waals surface area contributed by atoms with Crippen molar-refractivity contribution in [3.63, 3.8) is 0 Å². The molecule has 0 saturated heterocycles. The zero-order valence-corrected chi connectivity index (χ0v) is 12.1. The van der Waals surface area contributed by atoms with E-state index in [-0.39, 0.29) is 5.75 Å². The molecule has 1 unspecified atom stereocenters. The Balaban J connectivity index is 2.31. The number of alkyl halides is 3. The zero-order valence-electron chi connectivity index (χ0n) is 12.1. The molecule has 0 aliphatic carbocycles. The van der Waals surface area contributed by atoms with E-state index in [0.717, 1.165) is 17.8 Å². The fourth-order valence-corrected chi connectivity index (χ4v) is 2.08. The van der Waals surface area contributed by atoms with Crippen LogP contribution in [0.2, 0.25) is 0 Å². The summed E-state index contributed by atoms with van der Waals surface area (Å²) in [4.78, 5) is 0. The maximum absolute atomic E-state index is 12.1. The average molecular weight is 298 g/mol. The fraction of sp³-hybridized carbons (Fsp3) is 0.400. The number of aryl methyl sites for hydroxylation is 1. The molecular formula is C15H17F3N2O. The number of hydrogen-bond acceptors (Lipinski definition) is 2. The summed E-state index contributed by atoms with van der Waals surface area (Å²) in [5, 5.41) is 4.41. The molecule has 1 atom stereocenters. The van der Waals surface area contributed by atoms with Crippen molar-refractivity contribution in [2.24, 2.45) is 0 Å². The molecule has 0 spiro atoms. The molecule has 0 saturated carbocycles. The maximum atomic E-state index is 12.1. The Morgan fingerprint density at radius 3 is 2.38 bits per heavy atom. The Bertz CT molecular complexity index is 602. The largest absolute Gasteiger partial charge is 0.573 e. The first-order valence-corrected chi connectivity index (χ1v) is 6.73. The van der Waals surface area contributed by atoms with Crippen molar-refractivity contribution >= 4 is 0 Å². The smallest absolute Gasteiger partial charge is 0.406 e. The van der Waals surface area contributed by atoms with Crippen molar-refractivity contribution in [3.05, 3.63) is 41.7 Å². The molecule has 2 rings (SSSR count). The molecule has 1 aromatic heterocycles. The van der Waals surface area contributed by atoms with Gasteiger partial charge in [0.05, 0.1) is 11.4 Å². The van der Waals surface area contributed by atoms with Crippen LogP contribution in [0.1, 0.15) is 37.6 Å². The molecule has 21 heavy (non-hydrogen) atoms. The van der Waals surface area contributed by atoms with Crippen molar-refractivity contribution in [2.75, 3.05) is 0 Å². The van der Waals surface area contributed by atoms with Crippen LogP contribution in [0.25, 0.3) is 5.69 Å². The summed E-state index contributed by atoms with van der Waals surface area (Å²) in [7, 11) is 0. The Kier molecular flexibility index (Phi) is 4.25. The van der Waals surface area contributed by atoms with E-state index < -0.39 is 6.36 Å². The molecule has 1 aromatic carbocycles. The summed E-state index contributed by atoms with van der Waals surface area (Å²) in [5.41, 5.74) is 2.63. The summed E-state index contributed by atoms with van der Waals surface area (Å²) in [6.45, 7) is 6.06. The van der Waals surface area contributed by atoms with Crippen LogP contribution in [0.4, 0.5) is 13.2 Å². The van der Waals surface area contributed by atoms with E-state index >= 15 is 0 Å². The molecule has 0 bridgehead atoms. The van der Waals surface area contributed by atoms with E-state index in [2.05, 4.69) is 23.7 Å². The third-order valence-corrected chi connectivity index (χ3v) is 3.29. The Hall–Kier alpha value is -1.98. The van der Waals surface area contributed by atoms with Gasteiger partial charge in [-0.15, -0.1) is 13.2 Å². The van der Waals surface area contributed by atoms with E-state index in [1.54, 1.807) is 16.8 Å². The van der Waals surface area contributed by atoms with Gasteiger partial charge in [-0.2, -0.15) is 5.10 Å². The second kappa shape index (κ2) is 5.79. The maximum Gasteiger partial charge on any atom is 0.573 e. The molecule has 1 heterocycles. The van der Waals surface area contributed by atoms with Gasteiger partial charge in [-0.3, -0.25) is 0 Å². The van der Waals surface area contributed by atoms with Gasteiger partial charge in [0.2, 0.25) is 0 Å². The minimum atomic E-state index is -4.67. The molecule has 3 nitrogen and oxygen atoms in total. The summed E-state index contributed by atoms with van der Waals surface area (Å²) < 4.78 is 42.1. The molecule has 0 aliphatic heterocycles. The van der Waals surface area contributed by atoms with Crippen molar-refractivity contribution in [3.8, 4) is 11.4 Å². The molecule has 0 N–H and O–H groups in total. The molecule has 0 fully saturated rings. The van der Waals surface area contributed by atoms with Crippen LogP contribution in [-0.4, -0.2) is 16.1 Å². The monoisotopic (exact) mass is 298 g/mol. The second-order valence-electron chi connectivity index (χ2n) is 4.97. The van der Waals surface area contributed by atoms with E-state index in [1.807, 2.05) is 13.0 Å². The average Bonchev–Trinajstić information content (AvgIpc) is 2.79. The SMILES string of the molecule is CCC(C)c1cc(C)nn1-c1ccc(OC(F)(F)F)cc1. The van der Waals surface area contributed by atoms with E-state index in [4.69, 9.17) is 0 Å². The molecule has 0 aliphatic rings. The van der Waals surface area contributed by atoms with Gasteiger partial charge in [0.1, 0.15) is 5.75 Å². The summed E-state index contributed by atoms with van der Waals surface area (Å²) >= 11 is 0. The highest BCUT2D eigenvalue weighted by atomic mass is 19.4. The Morgan fingerprint density at radius 2 is 1.86 bits per heavy atom. The Labute approximate surface area is 121 Å². The highest BCUT2D eigenvalue weighted by molar-refractivity contribution is 5.39. The van der Waals surface area contributed by atoms with Gasteiger partial charge in [-0.1, -0.05) is 13.8 Å². The second-order valence-corrected chi connectivity index (χ2v) is 4.97. The third-order valence-electron chi connectivity index (χ3n) is 3.29. The highest BCUT2D eigenvalue weighted by Gasteiger charge is 2.31. The molecule has 0 amide bonds. The molecule has 114 valence electrons. The van der Waals surface area contributed by atoms with Gasteiger partial charge in [0.25, 0.3) is 0 Å². The van der Waals surface area contributed by atoms with Crippen molar-refractivity contribution in [1.29, 1.82) is 0 Å². The van der Waals surface area contributed by atoms with Gasteiger partial charge in [-0.05, 0) is 49.6 Å². The lowest BCUT2D eigenvalue weighted by Gasteiger charge is -2.13. The van der Waals surface area contributed by atoms with Gasteiger partial charge < -0.3 is 4.74 Å². The quantitative estimate of drug-likeness (QED) is 0.825. The third kappa shape index (κ3) is 3.77. The zero-order chi connectivity index (χ0) is 15.6. The topological polar surface area (TPSA) is 27.1 Å². The summed E-state index contributed by atoms with van der Waals surface area (Å²) in [5.74, 6) is 0.0810.